The highest BCUT2D eigenvalue weighted by molar-refractivity contribution is 7.80. The maximum Gasteiger partial charge on any atom is 0.236 e. The molecule has 1 aromatic carbocycles. The zero-order chi connectivity index (χ0) is 12.9. The number of fused-ring (bicyclic) bond motifs is 1. The van der Waals surface area contributed by atoms with E-state index in [0.29, 0.717) is 0 Å². The molecule has 17 heavy (non-hydrogen) atoms. The Morgan fingerprint density at radius 3 is 1.94 bits per heavy atom. The molecule has 90 valence electrons. The summed E-state index contributed by atoms with van der Waals surface area (Å²) in [5.74, 6) is -4.58. The van der Waals surface area contributed by atoms with Crippen LogP contribution in [0.25, 0.3) is 10.9 Å². The summed E-state index contributed by atoms with van der Waals surface area (Å²) in [6, 6.07) is 0. The van der Waals surface area contributed by atoms with E-state index in [1.807, 2.05) is 0 Å². The molecule has 1 aromatic heterocycles. The van der Waals surface area contributed by atoms with Crippen LogP contribution in [0.1, 0.15) is 0 Å². The minimum absolute atomic E-state index is 0.248. The molecule has 8 heteroatoms. The summed E-state index contributed by atoms with van der Waals surface area (Å²) in [6.45, 7) is 0. The minimum Gasteiger partial charge on any atom is -0.504 e. The van der Waals surface area contributed by atoms with Gasteiger partial charge in [-0.25, -0.2) is 0 Å². The third-order valence-electron chi connectivity index (χ3n) is 2.31. The number of pyridine rings is 1. The van der Waals surface area contributed by atoms with E-state index in [4.69, 9.17) is 0 Å². The quantitative estimate of drug-likeness (QED) is 0.207. The van der Waals surface area contributed by atoms with Crippen molar-refractivity contribution >= 4 is 23.5 Å². The Labute approximate surface area is 98.6 Å². The standard InChI is InChI=1S/C9H7NO6S/c11-3-1-2(5(13)7(15)6(3)14)10-9(17)8(16)4(1)12/h11,13-16H,(H2,10,12,17). The number of thiol groups is 1. The van der Waals surface area contributed by atoms with Crippen molar-refractivity contribution in [3.63, 3.8) is 0 Å². The highest BCUT2D eigenvalue weighted by atomic mass is 32.1. The Kier molecular flexibility index (Phi) is 2.25. The van der Waals surface area contributed by atoms with Gasteiger partial charge in [-0.2, -0.15) is 0 Å². The molecular weight excluding hydrogens is 250 g/mol. The van der Waals surface area contributed by atoms with Crippen molar-refractivity contribution in [3.8, 4) is 28.7 Å². The molecule has 0 radical (unpaired) electrons. The van der Waals surface area contributed by atoms with Gasteiger partial charge in [0.25, 0.3) is 0 Å². The van der Waals surface area contributed by atoms with E-state index in [-0.39, 0.29) is 10.5 Å². The first-order valence-corrected chi connectivity index (χ1v) is 4.74. The van der Waals surface area contributed by atoms with E-state index in [2.05, 4.69) is 17.6 Å². The highest BCUT2D eigenvalue weighted by Crippen LogP contribution is 2.47. The molecule has 0 amide bonds. The summed E-state index contributed by atoms with van der Waals surface area (Å²) in [5.41, 5.74) is -1.38. The van der Waals surface area contributed by atoms with Crippen LogP contribution in [0.15, 0.2) is 9.82 Å². The van der Waals surface area contributed by atoms with Crippen LogP contribution in [0.2, 0.25) is 0 Å². The van der Waals surface area contributed by atoms with Crippen molar-refractivity contribution in [2.24, 2.45) is 0 Å². The van der Waals surface area contributed by atoms with Crippen LogP contribution in [0.3, 0.4) is 0 Å². The number of rotatable bonds is 0. The predicted molar refractivity (Wildman–Crippen MR) is 60.1 cm³/mol. The van der Waals surface area contributed by atoms with E-state index >= 15 is 0 Å². The van der Waals surface area contributed by atoms with E-state index in [1.54, 1.807) is 0 Å². The highest BCUT2D eigenvalue weighted by Gasteiger charge is 2.22. The average molecular weight is 257 g/mol. The molecule has 7 nitrogen and oxygen atoms in total. The van der Waals surface area contributed by atoms with Crippen LogP contribution < -0.4 is 5.43 Å². The summed E-state index contributed by atoms with van der Waals surface area (Å²) in [7, 11) is 0. The fourth-order valence-electron chi connectivity index (χ4n) is 1.44. The van der Waals surface area contributed by atoms with Gasteiger partial charge in [-0.05, 0) is 0 Å². The van der Waals surface area contributed by atoms with Gasteiger partial charge in [0.05, 0.1) is 5.39 Å². The zero-order valence-electron chi connectivity index (χ0n) is 8.09. The van der Waals surface area contributed by atoms with Gasteiger partial charge in [0.15, 0.2) is 17.2 Å². The summed E-state index contributed by atoms with van der Waals surface area (Å²) in [5, 5.41) is 46.0. The van der Waals surface area contributed by atoms with Crippen LogP contribution in [-0.2, 0) is 0 Å². The van der Waals surface area contributed by atoms with Gasteiger partial charge in [0, 0.05) is 0 Å². The predicted octanol–water partition coefficient (Wildman–Crippen LogP) is 0.345. The molecule has 0 unspecified atom stereocenters. The molecule has 0 aliphatic rings. The maximum absolute atomic E-state index is 11.6. The molecule has 6 N–H and O–H groups in total. The van der Waals surface area contributed by atoms with Gasteiger partial charge in [-0.15, -0.1) is 12.6 Å². The van der Waals surface area contributed by atoms with Crippen molar-refractivity contribution in [1.82, 2.24) is 4.98 Å². The number of aromatic hydroxyl groups is 5. The number of phenols is 4. The first-order valence-electron chi connectivity index (χ1n) is 4.30. The first kappa shape index (κ1) is 11.3. The molecule has 0 bridgehead atoms. The molecule has 2 aromatic rings. The van der Waals surface area contributed by atoms with Crippen LogP contribution >= 0.6 is 12.6 Å². The lowest BCUT2D eigenvalue weighted by molar-refractivity contribution is 0.350. The van der Waals surface area contributed by atoms with Gasteiger partial charge in [-0.3, -0.25) is 4.79 Å². The van der Waals surface area contributed by atoms with Gasteiger partial charge in [0.1, 0.15) is 10.5 Å². The second-order valence-electron chi connectivity index (χ2n) is 3.30. The van der Waals surface area contributed by atoms with Gasteiger partial charge in [0.2, 0.25) is 16.9 Å². The molecule has 0 fully saturated rings. The Morgan fingerprint density at radius 1 is 0.824 bits per heavy atom. The van der Waals surface area contributed by atoms with Crippen LogP contribution in [0, 0.1) is 0 Å². The average Bonchev–Trinajstić information content (AvgIpc) is 2.30. The topological polar surface area (TPSA) is 134 Å². The Balaban J connectivity index is 3.18. The maximum atomic E-state index is 11.6. The molecular formula is C9H7NO6S. The number of aromatic amines is 1. The molecule has 0 aliphatic heterocycles. The van der Waals surface area contributed by atoms with Gasteiger partial charge >= 0.3 is 0 Å². The smallest absolute Gasteiger partial charge is 0.236 e. The van der Waals surface area contributed by atoms with E-state index < -0.39 is 39.6 Å². The molecule has 2 rings (SSSR count). The van der Waals surface area contributed by atoms with Crippen molar-refractivity contribution < 1.29 is 25.5 Å². The number of hydrogen-bond acceptors (Lipinski definition) is 7. The fourth-order valence-corrected chi connectivity index (χ4v) is 1.66. The lowest BCUT2D eigenvalue weighted by Crippen LogP contribution is -2.04. The first-order chi connectivity index (χ1) is 7.86. The SMILES string of the molecule is O=c1c(O)c(S)[nH]c2c(O)c(O)c(O)c(O)c12. The lowest BCUT2D eigenvalue weighted by atomic mass is 10.1. The summed E-state index contributed by atoms with van der Waals surface area (Å²) >= 11 is 3.74. The Hall–Kier alpha value is -2.22. The second kappa shape index (κ2) is 3.39. The van der Waals surface area contributed by atoms with Crippen molar-refractivity contribution in [3.05, 3.63) is 10.2 Å². The van der Waals surface area contributed by atoms with Crippen LogP contribution in [-0.4, -0.2) is 30.5 Å². The zero-order valence-corrected chi connectivity index (χ0v) is 8.99. The molecule has 0 aliphatic carbocycles. The lowest BCUT2D eigenvalue weighted by Gasteiger charge is -2.09. The van der Waals surface area contributed by atoms with Crippen molar-refractivity contribution in [2.45, 2.75) is 5.03 Å². The summed E-state index contributed by atoms with van der Waals surface area (Å²) in [4.78, 5) is 13.9. The summed E-state index contributed by atoms with van der Waals surface area (Å²) < 4.78 is 0. The van der Waals surface area contributed by atoms with Gasteiger partial charge in [-0.1, -0.05) is 0 Å². The molecule has 0 spiro atoms. The van der Waals surface area contributed by atoms with Crippen molar-refractivity contribution in [2.75, 3.05) is 0 Å². The second-order valence-corrected chi connectivity index (χ2v) is 3.74. The van der Waals surface area contributed by atoms with Crippen LogP contribution in [0.5, 0.6) is 28.7 Å². The third kappa shape index (κ3) is 1.34. The van der Waals surface area contributed by atoms with Crippen molar-refractivity contribution in [1.29, 1.82) is 0 Å². The fraction of sp³-hybridized carbons (Fsp3) is 0. The number of H-pyrrole nitrogens is 1. The van der Waals surface area contributed by atoms with E-state index in [0.717, 1.165) is 0 Å². The molecule has 0 saturated carbocycles. The number of nitrogens with one attached hydrogen (secondary N) is 1. The van der Waals surface area contributed by atoms with Gasteiger partial charge < -0.3 is 30.5 Å². The summed E-state index contributed by atoms with van der Waals surface area (Å²) in [6.07, 6.45) is 0. The Bertz CT molecular complexity index is 692. The molecule has 1 heterocycles. The Morgan fingerprint density at radius 2 is 1.35 bits per heavy atom. The molecule has 0 saturated heterocycles. The van der Waals surface area contributed by atoms with E-state index in [9.17, 15) is 30.3 Å². The number of phenolic OH excluding ortho intramolecular Hbond substituents is 4. The third-order valence-corrected chi connectivity index (χ3v) is 2.63. The van der Waals surface area contributed by atoms with Crippen LogP contribution in [0.4, 0.5) is 0 Å². The number of benzene rings is 1. The number of aromatic nitrogens is 1. The minimum atomic E-state index is -1.05. The number of hydrogen-bond donors (Lipinski definition) is 7. The largest absolute Gasteiger partial charge is 0.504 e. The normalized spacial score (nSPS) is 10.9. The van der Waals surface area contributed by atoms with E-state index in [1.165, 1.54) is 0 Å². The monoisotopic (exact) mass is 257 g/mol. The molecule has 0 atom stereocenters.